The van der Waals surface area contributed by atoms with E-state index in [1.165, 1.54) is 38.5 Å². The van der Waals surface area contributed by atoms with Crippen LogP contribution < -0.4 is 11.5 Å². The van der Waals surface area contributed by atoms with Gasteiger partial charge in [-0.1, -0.05) is 0 Å². The smallest absolute Gasteiger partial charge is 0.271 e. The molecule has 4 aliphatic carbocycles. The maximum absolute atomic E-state index is 11.3. The van der Waals surface area contributed by atoms with Gasteiger partial charge in [0.15, 0.2) is 5.69 Å². The molecular formula is C14H20N4O. The number of amides is 1. The number of nitrogens with zero attached hydrogens (tertiary/aromatic N) is 2. The van der Waals surface area contributed by atoms with Crippen LogP contribution in [0.25, 0.3) is 0 Å². The first-order chi connectivity index (χ1) is 9.06. The van der Waals surface area contributed by atoms with Gasteiger partial charge in [0.25, 0.3) is 5.91 Å². The summed E-state index contributed by atoms with van der Waals surface area (Å²) in [6, 6.07) is 0. The van der Waals surface area contributed by atoms with Crippen LogP contribution in [0.4, 0.5) is 5.69 Å². The van der Waals surface area contributed by atoms with E-state index in [9.17, 15) is 4.79 Å². The molecule has 19 heavy (non-hydrogen) atoms. The topological polar surface area (TPSA) is 86.9 Å². The largest absolute Gasteiger partial charge is 0.396 e. The number of carbonyl (C=O) groups is 1. The van der Waals surface area contributed by atoms with Crippen molar-refractivity contribution in [2.45, 2.75) is 44.1 Å². The van der Waals surface area contributed by atoms with Gasteiger partial charge in [0.2, 0.25) is 0 Å². The summed E-state index contributed by atoms with van der Waals surface area (Å²) in [6.45, 7) is 0. The minimum Gasteiger partial charge on any atom is -0.396 e. The van der Waals surface area contributed by atoms with Crippen molar-refractivity contribution in [3.05, 3.63) is 11.9 Å². The molecule has 4 bridgehead atoms. The van der Waals surface area contributed by atoms with Crippen LogP contribution in [-0.4, -0.2) is 15.7 Å². The summed E-state index contributed by atoms with van der Waals surface area (Å²) < 4.78 is 1.98. The van der Waals surface area contributed by atoms with Gasteiger partial charge in [-0.05, 0) is 56.3 Å². The summed E-state index contributed by atoms with van der Waals surface area (Å²) in [6.07, 6.45) is 9.57. The summed E-state index contributed by atoms with van der Waals surface area (Å²) in [4.78, 5) is 11.3. The lowest BCUT2D eigenvalue weighted by Crippen LogP contribution is -2.52. The Bertz CT molecular complexity index is 512. The zero-order chi connectivity index (χ0) is 13.2. The third-order valence-corrected chi connectivity index (χ3v) is 5.47. The highest BCUT2D eigenvalue weighted by atomic mass is 16.1. The van der Waals surface area contributed by atoms with Crippen molar-refractivity contribution < 1.29 is 4.79 Å². The number of nitrogen functional groups attached to an aromatic ring is 1. The molecule has 0 spiro atoms. The molecule has 5 heteroatoms. The van der Waals surface area contributed by atoms with E-state index in [0.29, 0.717) is 5.69 Å². The molecule has 1 aromatic heterocycles. The van der Waals surface area contributed by atoms with E-state index in [1.807, 2.05) is 10.9 Å². The molecule has 4 N–H and O–H groups in total. The van der Waals surface area contributed by atoms with Gasteiger partial charge in [-0.3, -0.25) is 9.48 Å². The molecule has 1 heterocycles. The Morgan fingerprint density at radius 3 is 2.16 bits per heavy atom. The molecule has 0 radical (unpaired) electrons. The first kappa shape index (κ1) is 11.3. The standard InChI is InChI=1S/C14H20N4O/c15-11-7-18(17-12(11)13(16)19)14-4-8-1-9(5-14)3-10(2-8)6-14/h7-10H,1-6,15H2,(H2,16,19). The zero-order valence-electron chi connectivity index (χ0n) is 11.0. The lowest BCUT2D eigenvalue weighted by molar-refractivity contribution is -0.0494. The number of hydrogen-bond acceptors (Lipinski definition) is 3. The molecule has 4 aliphatic rings. The average molecular weight is 260 g/mol. The van der Waals surface area contributed by atoms with Gasteiger partial charge in [0.1, 0.15) is 0 Å². The van der Waals surface area contributed by atoms with Crippen LogP contribution in [0.3, 0.4) is 0 Å². The molecule has 1 aromatic rings. The second-order valence-electron chi connectivity index (χ2n) is 6.88. The molecule has 4 saturated carbocycles. The van der Waals surface area contributed by atoms with Crippen molar-refractivity contribution in [3.63, 3.8) is 0 Å². The molecule has 4 fully saturated rings. The van der Waals surface area contributed by atoms with Gasteiger partial charge >= 0.3 is 0 Å². The SMILES string of the molecule is NC(=O)c1nn(C23CC4CC(CC(C4)C2)C3)cc1N. The lowest BCUT2D eigenvalue weighted by atomic mass is 9.53. The third kappa shape index (κ3) is 1.53. The normalized spacial score (nSPS) is 39.7. The monoisotopic (exact) mass is 260 g/mol. The molecule has 5 nitrogen and oxygen atoms in total. The second-order valence-corrected chi connectivity index (χ2v) is 6.88. The predicted octanol–water partition coefficient (Wildman–Crippen LogP) is 1.49. The average Bonchev–Trinajstić information content (AvgIpc) is 2.70. The summed E-state index contributed by atoms with van der Waals surface area (Å²) in [5.74, 6) is 2.00. The number of hydrogen-bond donors (Lipinski definition) is 2. The van der Waals surface area contributed by atoms with E-state index < -0.39 is 5.91 Å². The molecule has 102 valence electrons. The van der Waals surface area contributed by atoms with Gasteiger partial charge in [-0.25, -0.2) is 0 Å². The Kier molecular flexibility index (Phi) is 2.10. The fourth-order valence-corrected chi connectivity index (χ4v) is 5.17. The minimum atomic E-state index is -0.527. The molecule has 0 unspecified atom stereocenters. The van der Waals surface area contributed by atoms with Crippen molar-refractivity contribution in [3.8, 4) is 0 Å². The molecule has 0 atom stereocenters. The number of aromatic nitrogens is 2. The summed E-state index contributed by atoms with van der Waals surface area (Å²) in [5, 5.41) is 4.42. The molecule has 5 rings (SSSR count). The number of rotatable bonds is 2. The van der Waals surface area contributed by atoms with Crippen molar-refractivity contribution in [1.82, 2.24) is 9.78 Å². The number of anilines is 1. The molecule has 0 saturated heterocycles. The third-order valence-electron chi connectivity index (χ3n) is 5.47. The van der Waals surface area contributed by atoms with Crippen molar-refractivity contribution in [2.24, 2.45) is 23.5 Å². The van der Waals surface area contributed by atoms with E-state index >= 15 is 0 Å². The Balaban J connectivity index is 1.75. The van der Waals surface area contributed by atoms with Crippen LogP contribution in [0, 0.1) is 17.8 Å². The molecular weight excluding hydrogens is 240 g/mol. The van der Waals surface area contributed by atoms with Gasteiger partial charge in [-0.15, -0.1) is 0 Å². The fourth-order valence-electron chi connectivity index (χ4n) is 5.17. The maximum atomic E-state index is 11.3. The van der Waals surface area contributed by atoms with Gasteiger partial charge in [0.05, 0.1) is 11.2 Å². The maximum Gasteiger partial charge on any atom is 0.271 e. The van der Waals surface area contributed by atoms with Crippen LogP contribution >= 0.6 is 0 Å². The lowest BCUT2D eigenvalue weighted by Gasteiger charge is -2.56. The molecule has 1 amide bonds. The second kappa shape index (κ2) is 3.52. The van der Waals surface area contributed by atoms with Crippen molar-refractivity contribution in [2.75, 3.05) is 5.73 Å². The molecule has 0 aliphatic heterocycles. The zero-order valence-corrected chi connectivity index (χ0v) is 11.0. The predicted molar refractivity (Wildman–Crippen MR) is 71.3 cm³/mol. The fraction of sp³-hybridized carbons (Fsp3) is 0.714. The Morgan fingerprint density at radius 1 is 1.21 bits per heavy atom. The highest BCUT2D eigenvalue weighted by Gasteiger charge is 2.52. The quantitative estimate of drug-likeness (QED) is 0.844. The highest BCUT2D eigenvalue weighted by molar-refractivity contribution is 5.95. The minimum absolute atomic E-state index is 0.108. The van der Waals surface area contributed by atoms with Crippen molar-refractivity contribution >= 4 is 11.6 Å². The van der Waals surface area contributed by atoms with Gasteiger partial charge < -0.3 is 11.5 Å². The molecule has 0 aromatic carbocycles. The van der Waals surface area contributed by atoms with Crippen LogP contribution in [0.2, 0.25) is 0 Å². The van der Waals surface area contributed by atoms with E-state index in [2.05, 4.69) is 5.10 Å². The summed E-state index contributed by atoms with van der Waals surface area (Å²) in [5.41, 5.74) is 12.0. The van der Waals surface area contributed by atoms with E-state index in [1.54, 1.807) is 0 Å². The number of carbonyl (C=O) groups excluding carboxylic acids is 1. The van der Waals surface area contributed by atoms with Crippen LogP contribution in [0.15, 0.2) is 6.20 Å². The van der Waals surface area contributed by atoms with Crippen LogP contribution in [-0.2, 0) is 5.54 Å². The Morgan fingerprint density at radius 2 is 1.74 bits per heavy atom. The van der Waals surface area contributed by atoms with E-state index in [-0.39, 0.29) is 11.2 Å². The Hall–Kier alpha value is -1.52. The first-order valence-corrected chi connectivity index (χ1v) is 7.21. The highest BCUT2D eigenvalue weighted by Crippen LogP contribution is 2.58. The van der Waals surface area contributed by atoms with Gasteiger partial charge in [-0.2, -0.15) is 5.10 Å². The first-order valence-electron chi connectivity index (χ1n) is 7.21. The number of nitrogens with two attached hydrogens (primary N) is 2. The van der Waals surface area contributed by atoms with Crippen LogP contribution in [0.5, 0.6) is 0 Å². The van der Waals surface area contributed by atoms with Crippen LogP contribution in [0.1, 0.15) is 49.0 Å². The summed E-state index contributed by atoms with van der Waals surface area (Å²) >= 11 is 0. The Labute approximate surface area is 112 Å². The van der Waals surface area contributed by atoms with E-state index in [4.69, 9.17) is 11.5 Å². The van der Waals surface area contributed by atoms with E-state index in [0.717, 1.165) is 17.8 Å². The van der Waals surface area contributed by atoms with Crippen molar-refractivity contribution in [1.29, 1.82) is 0 Å². The number of primary amides is 1. The van der Waals surface area contributed by atoms with Gasteiger partial charge in [0, 0.05) is 6.20 Å². The summed E-state index contributed by atoms with van der Waals surface area (Å²) in [7, 11) is 0.